The summed E-state index contributed by atoms with van der Waals surface area (Å²) in [7, 11) is 1.68. The highest BCUT2D eigenvalue weighted by Gasteiger charge is 2.43. The molecular formula is C17H23NO4. The van der Waals surface area contributed by atoms with Gasteiger partial charge in [0.25, 0.3) is 0 Å². The number of carboxylic acid groups (broad SMARTS) is 1. The number of hydrogen-bond acceptors (Lipinski definition) is 3. The second-order valence-electron chi connectivity index (χ2n) is 5.99. The average Bonchev–Trinajstić information content (AvgIpc) is 2.55. The van der Waals surface area contributed by atoms with Crippen LogP contribution in [0.4, 0.5) is 0 Å². The van der Waals surface area contributed by atoms with Crippen LogP contribution in [0, 0.1) is 5.92 Å². The van der Waals surface area contributed by atoms with Gasteiger partial charge in [0.05, 0.1) is 11.3 Å². The molecule has 120 valence electrons. The average molecular weight is 305 g/mol. The highest BCUT2D eigenvalue weighted by Crippen LogP contribution is 2.36. The maximum Gasteiger partial charge on any atom is 0.308 e. The summed E-state index contributed by atoms with van der Waals surface area (Å²) in [5.74, 6) is -1.49. The number of rotatable bonds is 5. The first-order chi connectivity index (χ1) is 10.5. The van der Waals surface area contributed by atoms with Crippen LogP contribution in [0.5, 0.6) is 0 Å². The number of nitrogens with zero attached hydrogens (tertiary/aromatic N) is 1. The molecule has 0 unspecified atom stereocenters. The zero-order valence-corrected chi connectivity index (χ0v) is 13.1. The lowest BCUT2D eigenvalue weighted by molar-refractivity contribution is -0.145. The molecule has 0 saturated carbocycles. The summed E-state index contributed by atoms with van der Waals surface area (Å²) < 4.78 is 5.43. The van der Waals surface area contributed by atoms with Crippen LogP contribution >= 0.6 is 0 Å². The maximum atomic E-state index is 13.1. The molecule has 1 amide bonds. The number of carbonyl (C=O) groups excluding carboxylic acids is 1. The van der Waals surface area contributed by atoms with Crippen molar-refractivity contribution in [1.82, 2.24) is 4.90 Å². The van der Waals surface area contributed by atoms with Crippen molar-refractivity contribution < 1.29 is 19.4 Å². The summed E-state index contributed by atoms with van der Waals surface area (Å²) >= 11 is 0. The lowest BCUT2D eigenvalue weighted by Gasteiger charge is -2.39. The van der Waals surface area contributed by atoms with Gasteiger partial charge in [-0.2, -0.15) is 0 Å². The molecule has 1 aromatic rings. The second-order valence-corrected chi connectivity index (χ2v) is 5.99. The monoisotopic (exact) mass is 305 g/mol. The lowest BCUT2D eigenvalue weighted by atomic mass is 9.73. The van der Waals surface area contributed by atoms with Gasteiger partial charge in [-0.1, -0.05) is 37.3 Å². The molecule has 1 saturated heterocycles. The Bertz CT molecular complexity index is 523. The third-order valence-electron chi connectivity index (χ3n) is 4.40. The van der Waals surface area contributed by atoms with E-state index in [0.29, 0.717) is 26.1 Å². The number of aliphatic carboxylic acids is 1. The Hall–Kier alpha value is -1.88. The molecule has 1 atom stereocenters. The van der Waals surface area contributed by atoms with Gasteiger partial charge in [0.1, 0.15) is 0 Å². The van der Waals surface area contributed by atoms with Gasteiger partial charge >= 0.3 is 5.97 Å². The van der Waals surface area contributed by atoms with Gasteiger partial charge in [-0.25, -0.2) is 0 Å². The van der Waals surface area contributed by atoms with E-state index in [1.54, 1.807) is 18.9 Å². The topological polar surface area (TPSA) is 66.8 Å². The minimum atomic E-state index is -0.889. The SMILES string of the molecule is C[C@@H](CN(C)C(=O)C1(c2ccccc2)CCOCC1)C(=O)O. The summed E-state index contributed by atoms with van der Waals surface area (Å²) in [5.41, 5.74) is 0.380. The minimum absolute atomic E-state index is 0.0184. The molecule has 0 aromatic heterocycles. The Balaban J connectivity index is 2.26. The summed E-state index contributed by atoms with van der Waals surface area (Å²) in [5, 5.41) is 9.05. The van der Waals surface area contributed by atoms with Crippen molar-refractivity contribution >= 4 is 11.9 Å². The van der Waals surface area contributed by atoms with E-state index in [1.165, 1.54) is 0 Å². The van der Waals surface area contributed by atoms with E-state index >= 15 is 0 Å². The smallest absolute Gasteiger partial charge is 0.308 e. The summed E-state index contributed by atoms with van der Waals surface area (Å²) in [6, 6.07) is 9.73. The molecule has 1 aromatic carbocycles. The molecule has 0 radical (unpaired) electrons. The molecule has 2 rings (SSSR count). The number of hydrogen-bond donors (Lipinski definition) is 1. The van der Waals surface area contributed by atoms with E-state index in [0.717, 1.165) is 5.56 Å². The molecule has 1 aliphatic rings. The van der Waals surface area contributed by atoms with Gasteiger partial charge in [-0.05, 0) is 18.4 Å². The highest BCUT2D eigenvalue weighted by molar-refractivity contribution is 5.88. The van der Waals surface area contributed by atoms with Crippen LogP contribution in [-0.2, 0) is 19.7 Å². The standard InChI is InChI=1S/C17H23NO4/c1-13(15(19)20)12-18(2)16(21)17(8-10-22-11-9-17)14-6-4-3-5-7-14/h3-7,13H,8-12H2,1-2H3,(H,19,20)/t13-/m0/s1. The summed E-state index contributed by atoms with van der Waals surface area (Å²) in [4.78, 5) is 25.6. The fourth-order valence-electron chi connectivity index (χ4n) is 3.04. The zero-order chi connectivity index (χ0) is 16.2. The van der Waals surface area contributed by atoms with Gasteiger partial charge in [-0.15, -0.1) is 0 Å². The first-order valence-corrected chi connectivity index (χ1v) is 7.59. The summed E-state index contributed by atoms with van der Waals surface area (Å²) in [6.45, 7) is 2.92. The quantitative estimate of drug-likeness (QED) is 0.902. The number of ether oxygens (including phenoxy) is 1. The molecule has 1 heterocycles. The Morgan fingerprint density at radius 2 is 1.86 bits per heavy atom. The lowest BCUT2D eigenvalue weighted by Crippen LogP contribution is -2.50. The van der Waals surface area contributed by atoms with E-state index in [2.05, 4.69) is 0 Å². The second kappa shape index (κ2) is 6.92. The highest BCUT2D eigenvalue weighted by atomic mass is 16.5. The van der Waals surface area contributed by atoms with Crippen LogP contribution < -0.4 is 0 Å². The normalized spacial score (nSPS) is 18.5. The molecule has 0 spiro atoms. The Kier molecular flexibility index (Phi) is 5.19. The molecule has 1 N–H and O–H groups in total. The van der Waals surface area contributed by atoms with Crippen molar-refractivity contribution in [2.45, 2.75) is 25.2 Å². The van der Waals surface area contributed by atoms with Crippen LogP contribution in [0.1, 0.15) is 25.3 Å². The molecular weight excluding hydrogens is 282 g/mol. The Morgan fingerprint density at radius 3 is 2.41 bits per heavy atom. The fraction of sp³-hybridized carbons (Fsp3) is 0.529. The van der Waals surface area contributed by atoms with Crippen molar-refractivity contribution in [2.24, 2.45) is 5.92 Å². The molecule has 1 aliphatic heterocycles. The fourth-order valence-corrected chi connectivity index (χ4v) is 3.04. The van der Waals surface area contributed by atoms with E-state index in [-0.39, 0.29) is 12.5 Å². The van der Waals surface area contributed by atoms with Gasteiger partial charge in [0.2, 0.25) is 5.91 Å². The molecule has 5 nitrogen and oxygen atoms in total. The molecule has 22 heavy (non-hydrogen) atoms. The van der Waals surface area contributed by atoms with E-state index in [4.69, 9.17) is 9.84 Å². The van der Waals surface area contributed by atoms with Crippen LogP contribution in [0.2, 0.25) is 0 Å². The van der Waals surface area contributed by atoms with Crippen molar-refractivity contribution in [2.75, 3.05) is 26.8 Å². The van der Waals surface area contributed by atoms with Gasteiger partial charge in [0, 0.05) is 26.8 Å². The van der Waals surface area contributed by atoms with Crippen molar-refractivity contribution in [3.63, 3.8) is 0 Å². The first kappa shape index (κ1) is 16.5. The van der Waals surface area contributed by atoms with E-state index < -0.39 is 17.3 Å². The molecule has 1 fully saturated rings. The number of carboxylic acids is 1. The van der Waals surface area contributed by atoms with Crippen LogP contribution in [0.15, 0.2) is 30.3 Å². The number of amides is 1. The third-order valence-corrected chi connectivity index (χ3v) is 4.40. The largest absolute Gasteiger partial charge is 0.481 e. The van der Waals surface area contributed by atoms with Crippen molar-refractivity contribution in [3.8, 4) is 0 Å². The molecule has 0 aliphatic carbocycles. The number of benzene rings is 1. The minimum Gasteiger partial charge on any atom is -0.481 e. The van der Waals surface area contributed by atoms with Crippen LogP contribution in [-0.4, -0.2) is 48.7 Å². The van der Waals surface area contributed by atoms with Crippen molar-refractivity contribution in [3.05, 3.63) is 35.9 Å². The zero-order valence-electron chi connectivity index (χ0n) is 13.1. The number of carbonyl (C=O) groups is 2. The summed E-state index contributed by atoms with van der Waals surface area (Å²) in [6.07, 6.45) is 1.25. The van der Waals surface area contributed by atoms with Crippen molar-refractivity contribution in [1.29, 1.82) is 0 Å². The maximum absolute atomic E-state index is 13.1. The molecule has 0 bridgehead atoms. The van der Waals surface area contributed by atoms with E-state index in [1.807, 2.05) is 30.3 Å². The first-order valence-electron chi connectivity index (χ1n) is 7.59. The Labute approximate surface area is 130 Å². The van der Waals surface area contributed by atoms with Gasteiger partial charge in [0.15, 0.2) is 0 Å². The Morgan fingerprint density at radius 1 is 1.27 bits per heavy atom. The van der Waals surface area contributed by atoms with Crippen LogP contribution in [0.3, 0.4) is 0 Å². The van der Waals surface area contributed by atoms with Gasteiger partial charge in [-0.3, -0.25) is 9.59 Å². The molecule has 5 heteroatoms. The number of likely N-dealkylation sites (N-methyl/N-ethyl adjacent to an activating group) is 1. The predicted molar refractivity (Wildman–Crippen MR) is 82.6 cm³/mol. The van der Waals surface area contributed by atoms with Crippen LogP contribution in [0.25, 0.3) is 0 Å². The van der Waals surface area contributed by atoms with E-state index in [9.17, 15) is 9.59 Å². The predicted octanol–water partition coefficient (Wildman–Crippen LogP) is 1.91. The third kappa shape index (κ3) is 3.30. The van der Waals surface area contributed by atoms with Gasteiger partial charge < -0.3 is 14.7 Å².